The SMILES string of the molecule is Clc1cccc(N=C(C(=Nc2cccc(Cl)c2)c2ccccc2)c2ccccc2)c1. The number of aliphatic imine (C=N–C) groups is 2. The average Bonchev–Trinajstić information content (AvgIpc) is 2.77. The standard InChI is InChI=1S/C26H18Cl2N2/c27-21-13-7-15-23(17-21)29-25(19-9-3-1-4-10-19)26(20-11-5-2-6-12-20)30-24-16-8-14-22(28)18-24/h1-18H. The van der Waals surface area contributed by atoms with Gasteiger partial charge in [0, 0.05) is 21.2 Å². The van der Waals surface area contributed by atoms with Crippen LogP contribution in [0.5, 0.6) is 0 Å². The Labute approximate surface area is 186 Å². The predicted molar refractivity (Wildman–Crippen MR) is 128 cm³/mol. The fourth-order valence-corrected chi connectivity index (χ4v) is 3.42. The molecule has 30 heavy (non-hydrogen) atoms. The van der Waals surface area contributed by atoms with E-state index < -0.39 is 0 Å². The number of nitrogens with zero attached hydrogens (tertiary/aromatic N) is 2. The number of benzene rings is 4. The molecule has 0 N–H and O–H groups in total. The highest BCUT2D eigenvalue weighted by atomic mass is 35.5. The number of halogens is 2. The first-order chi connectivity index (χ1) is 14.7. The van der Waals surface area contributed by atoms with Gasteiger partial charge in [-0.3, -0.25) is 0 Å². The molecule has 0 bridgehead atoms. The van der Waals surface area contributed by atoms with Crippen LogP contribution in [0.1, 0.15) is 11.1 Å². The van der Waals surface area contributed by atoms with Crippen LogP contribution in [0.2, 0.25) is 10.0 Å². The molecule has 2 nitrogen and oxygen atoms in total. The highest BCUT2D eigenvalue weighted by molar-refractivity contribution is 6.54. The lowest BCUT2D eigenvalue weighted by molar-refractivity contribution is 1.47. The monoisotopic (exact) mass is 428 g/mol. The van der Waals surface area contributed by atoms with Crippen LogP contribution in [0.4, 0.5) is 11.4 Å². The topological polar surface area (TPSA) is 24.7 Å². The lowest BCUT2D eigenvalue weighted by Gasteiger charge is -2.12. The van der Waals surface area contributed by atoms with Crippen molar-refractivity contribution in [2.75, 3.05) is 0 Å². The second-order valence-electron chi connectivity index (χ2n) is 6.61. The Morgan fingerprint density at radius 2 is 0.867 bits per heavy atom. The zero-order valence-electron chi connectivity index (χ0n) is 16.0. The Morgan fingerprint density at radius 3 is 1.23 bits per heavy atom. The Kier molecular flexibility index (Phi) is 6.38. The van der Waals surface area contributed by atoms with Crippen molar-refractivity contribution in [3.63, 3.8) is 0 Å². The molecule has 0 aromatic heterocycles. The molecule has 0 aliphatic heterocycles. The summed E-state index contributed by atoms with van der Waals surface area (Å²) in [4.78, 5) is 9.91. The largest absolute Gasteiger partial charge is 0.246 e. The van der Waals surface area contributed by atoms with E-state index in [1.165, 1.54) is 0 Å². The fraction of sp³-hybridized carbons (Fsp3) is 0. The minimum atomic E-state index is 0.636. The van der Waals surface area contributed by atoms with Gasteiger partial charge in [0.1, 0.15) is 0 Å². The minimum Gasteiger partial charge on any atom is -0.246 e. The molecule has 0 aliphatic carbocycles. The van der Waals surface area contributed by atoms with Crippen molar-refractivity contribution < 1.29 is 0 Å². The zero-order chi connectivity index (χ0) is 20.8. The first kappa shape index (κ1) is 20.1. The maximum atomic E-state index is 6.20. The molecule has 0 amide bonds. The summed E-state index contributed by atoms with van der Waals surface area (Å²) in [6.45, 7) is 0. The third-order valence-electron chi connectivity index (χ3n) is 4.42. The van der Waals surface area contributed by atoms with E-state index in [0.29, 0.717) is 10.0 Å². The Hall–Kier alpha value is -3.20. The van der Waals surface area contributed by atoms with E-state index in [-0.39, 0.29) is 0 Å². The van der Waals surface area contributed by atoms with Gasteiger partial charge in [-0.15, -0.1) is 0 Å². The molecule has 4 heteroatoms. The second kappa shape index (κ2) is 9.53. The Bertz CT molecular complexity index is 1100. The molecule has 4 rings (SSSR count). The smallest absolute Gasteiger partial charge is 0.0972 e. The van der Waals surface area contributed by atoms with E-state index in [1.54, 1.807) is 0 Å². The van der Waals surface area contributed by atoms with Crippen molar-refractivity contribution in [1.82, 2.24) is 0 Å². The first-order valence-electron chi connectivity index (χ1n) is 9.49. The van der Waals surface area contributed by atoms with Crippen molar-refractivity contribution >= 4 is 46.0 Å². The van der Waals surface area contributed by atoms with E-state index in [2.05, 4.69) is 0 Å². The third-order valence-corrected chi connectivity index (χ3v) is 4.89. The van der Waals surface area contributed by atoms with E-state index in [1.807, 2.05) is 109 Å². The molecule has 0 saturated heterocycles. The molecule has 4 aromatic rings. The molecule has 0 saturated carbocycles. The summed E-state index contributed by atoms with van der Waals surface area (Å²) in [6, 6.07) is 35.0. The van der Waals surface area contributed by atoms with Gasteiger partial charge < -0.3 is 0 Å². The van der Waals surface area contributed by atoms with Crippen LogP contribution in [0.3, 0.4) is 0 Å². The maximum absolute atomic E-state index is 6.20. The molecule has 0 aliphatic rings. The maximum Gasteiger partial charge on any atom is 0.0972 e. The lowest BCUT2D eigenvalue weighted by Crippen LogP contribution is -2.17. The number of rotatable bonds is 5. The second-order valence-corrected chi connectivity index (χ2v) is 7.49. The van der Waals surface area contributed by atoms with Crippen LogP contribution >= 0.6 is 23.2 Å². The molecular formula is C26H18Cl2N2. The van der Waals surface area contributed by atoms with Crippen LogP contribution in [-0.2, 0) is 0 Å². The summed E-state index contributed by atoms with van der Waals surface area (Å²) in [5.74, 6) is 0. The summed E-state index contributed by atoms with van der Waals surface area (Å²) < 4.78 is 0. The molecule has 4 aromatic carbocycles. The van der Waals surface area contributed by atoms with Crippen molar-refractivity contribution in [3.05, 3.63) is 130 Å². The third kappa shape index (κ3) is 5.04. The quantitative estimate of drug-likeness (QED) is 0.288. The summed E-state index contributed by atoms with van der Waals surface area (Å²) in [5, 5.41) is 1.27. The molecule has 0 atom stereocenters. The van der Waals surface area contributed by atoms with E-state index in [9.17, 15) is 0 Å². The van der Waals surface area contributed by atoms with Gasteiger partial charge in [-0.2, -0.15) is 0 Å². The highest BCUT2D eigenvalue weighted by Crippen LogP contribution is 2.24. The highest BCUT2D eigenvalue weighted by Gasteiger charge is 2.15. The first-order valence-corrected chi connectivity index (χ1v) is 10.2. The molecule has 0 fully saturated rings. The van der Waals surface area contributed by atoms with Gasteiger partial charge in [-0.1, -0.05) is 96.0 Å². The van der Waals surface area contributed by atoms with Crippen LogP contribution in [0.25, 0.3) is 0 Å². The fourth-order valence-electron chi connectivity index (χ4n) is 3.05. The summed E-state index contributed by atoms with van der Waals surface area (Å²) >= 11 is 12.4. The van der Waals surface area contributed by atoms with Gasteiger partial charge in [-0.05, 0) is 36.4 Å². The van der Waals surface area contributed by atoms with Gasteiger partial charge in [0.25, 0.3) is 0 Å². The van der Waals surface area contributed by atoms with Gasteiger partial charge in [0.2, 0.25) is 0 Å². The molecule has 0 radical (unpaired) electrons. The number of hydrogen-bond acceptors (Lipinski definition) is 2. The van der Waals surface area contributed by atoms with E-state index in [4.69, 9.17) is 33.2 Å². The van der Waals surface area contributed by atoms with Crippen LogP contribution in [0, 0.1) is 0 Å². The van der Waals surface area contributed by atoms with E-state index >= 15 is 0 Å². The number of hydrogen-bond donors (Lipinski definition) is 0. The summed E-state index contributed by atoms with van der Waals surface area (Å²) in [5.41, 5.74) is 4.95. The van der Waals surface area contributed by atoms with Crippen LogP contribution < -0.4 is 0 Å². The molecule has 0 spiro atoms. The van der Waals surface area contributed by atoms with Gasteiger partial charge in [0.05, 0.1) is 22.8 Å². The Morgan fingerprint density at radius 1 is 0.467 bits per heavy atom. The molecular weight excluding hydrogens is 411 g/mol. The lowest BCUT2D eigenvalue weighted by atomic mass is 9.99. The average molecular weight is 429 g/mol. The van der Waals surface area contributed by atoms with Crippen molar-refractivity contribution in [2.45, 2.75) is 0 Å². The summed E-state index contributed by atoms with van der Waals surface area (Å²) in [6.07, 6.45) is 0. The van der Waals surface area contributed by atoms with Crippen molar-refractivity contribution in [3.8, 4) is 0 Å². The van der Waals surface area contributed by atoms with Crippen LogP contribution in [-0.4, -0.2) is 11.4 Å². The molecule has 0 unspecified atom stereocenters. The summed E-state index contributed by atoms with van der Waals surface area (Å²) in [7, 11) is 0. The predicted octanol–water partition coefficient (Wildman–Crippen LogP) is 7.94. The van der Waals surface area contributed by atoms with E-state index in [0.717, 1.165) is 33.9 Å². The Balaban J connectivity index is 1.96. The van der Waals surface area contributed by atoms with Crippen molar-refractivity contribution in [1.29, 1.82) is 0 Å². The minimum absolute atomic E-state index is 0.636. The van der Waals surface area contributed by atoms with Gasteiger partial charge in [0.15, 0.2) is 0 Å². The molecule has 146 valence electrons. The molecule has 0 heterocycles. The van der Waals surface area contributed by atoms with Crippen LogP contribution in [0.15, 0.2) is 119 Å². The van der Waals surface area contributed by atoms with Gasteiger partial charge in [-0.25, -0.2) is 9.98 Å². The van der Waals surface area contributed by atoms with Crippen molar-refractivity contribution in [2.24, 2.45) is 9.98 Å². The normalized spacial score (nSPS) is 12.1. The van der Waals surface area contributed by atoms with Gasteiger partial charge >= 0.3 is 0 Å². The zero-order valence-corrected chi connectivity index (χ0v) is 17.6.